The molecule has 1 fully saturated rings. The van der Waals surface area contributed by atoms with Gasteiger partial charge in [-0.25, -0.2) is 0 Å². The van der Waals surface area contributed by atoms with Gasteiger partial charge in [0.05, 0.1) is 11.3 Å². The molecule has 1 aromatic carbocycles. The summed E-state index contributed by atoms with van der Waals surface area (Å²) in [5.74, 6) is 0.752. The van der Waals surface area contributed by atoms with E-state index >= 15 is 0 Å². The van der Waals surface area contributed by atoms with Crippen LogP contribution in [0.25, 0.3) is 11.0 Å². The van der Waals surface area contributed by atoms with Crippen molar-refractivity contribution >= 4 is 22.5 Å². The molecule has 0 bridgehead atoms. The summed E-state index contributed by atoms with van der Waals surface area (Å²) in [6.45, 7) is 4.19. The minimum atomic E-state index is -4.48. The number of hydrogen-bond donors (Lipinski definition) is 0. The number of fused-ring (bicyclic) bond motifs is 1. The molecule has 0 amide bonds. The third-order valence-electron chi connectivity index (χ3n) is 5.35. The van der Waals surface area contributed by atoms with Crippen molar-refractivity contribution in [2.24, 2.45) is 11.8 Å². The highest BCUT2D eigenvalue weighted by Crippen LogP contribution is 2.38. The number of alkyl halides is 3. The Balaban J connectivity index is 1.84. The third kappa shape index (κ3) is 5.23. The second-order valence-corrected chi connectivity index (χ2v) is 8.29. The van der Waals surface area contributed by atoms with E-state index in [0.717, 1.165) is 25.6 Å². The van der Waals surface area contributed by atoms with Gasteiger partial charge in [-0.2, -0.15) is 13.2 Å². The summed E-state index contributed by atoms with van der Waals surface area (Å²) in [4.78, 5) is 24.6. The number of ketones is 1. The fourth-order valence-corrected chi connectivity index (χ4v) is 4.12. The summed E-state index contributed by atoms with van der Waals surface area (Å²) in [5, 5.41) is 0. The second kappa shape index (κ2) is 8.65. The van der Waals surface area contributed by atoms with Crippen molar-refractivity contribution in [3.63, 3.8) is 0 Å². The van der Waals surface area contributed by atoms with E-state index in [1.807, 2.05) is 19.0 Å². The SMILES string of the molecule is C[C@H]1C[C@@H](CC(=O)CCN(C)C)CN(c2ccc(C(F)(F)F)c3nccnc23)C1. The summed E-state index contributed by atoms with van der Waals surface area (Å²) in [7, 11) is 3.88. The van der Waals surface area contributed by atoms with E-state index in [-0.39, 0.29) is 22.7 Å². The van der Waals surface area contributed by atoms with Gasteiger partial charge in [-0.3, -0.25) is 14.8 Å². The molecular formula is C21H27F3N4O. The van der Waals surface area contributed by atoms with Crippen molar-refractivity contribution in [1.29, 1.82) is 0 Å². The molecule has 1 saturated heterocycles. The van der Waals surface area contributed by atoms with E-state index < -0.39 is 11.7 Å². The molecule has 1 aliphatic heterocycles. The Morgan fingerprint density at radius 3 is 2.52 bits per heavy atom. The van der Waals surface area contributed by atoms with Gasteiger partial charge in [0.25, 0.3) is 0 Å². The van der Waals surface area contributed by atoms with Crippen LogP contribution < -0.4 is 4.90 Å². The molecule has 1 aromatic heterocycles. The minimum Gasteiger partial charge on any atom is -0.369 e. The van der Waals surface area contributed by atoms with Crippen LogP contribution >= 0.6 is 0 Å². The van der Waals surface area contributed by atoms with Gasteiger partial charge in [0.1, 0.15) is 16.8 Å². The van der Waals surface area contributed by atoms with Crippen molar-refractivity contribution in [2.45, 2.75) is 32.4 Å². The Bertz CT molecular complexity index is 869. The average Bonchev–Trinajstić information content (AvgIpc) is 2.64. The fourth-order valence-electron chi connectivity index (χ4n) is 4.12. The maximum Gasteiger partial charge on any atom is 0.418 e. The van der Waals surface area contributed by atoms with E-state index in [1.54, 1.807) is 0 Å². The van der Waals surface area contributed by atoms with Crippen LogP contribution in [0.2, 0.25) is 0 Å². The maximum absolute atomic E-state index is 13.4. The van der Waals surface area contributed by atoms with Crippen LogP contribution in [0.5, 0.6) is 0 Å². The number of carbonyl (C=O) groups excluding carboxylic acids is 1. The molecular weight excluding hydrogens is 381 g/mol. The molecule has 3 rings (SSSR count). The fraction of sp³-hybridized carbons (Fsp3) is 0.571. The number of piperidine rings is 1. The smallest absolute Gasteiger partial charge is 0.369 e. The predicted molar refractivity (Wildman–Crippen MR) is 107 cm³/mol. The number of anilines is 1. The van der Waals surface area contributed by atoms with E-state index in [9.17, 15) is 18.0 Å². The topological polar surface area (TPSA) is 49.3 Å². The highest BCUT2D eigenvalue weighted by molar-refractivity contribution is 5.91. The molecule has 158 valence electrons. The first kappa shape index (κ1) is 21.5. The number of Topliss-reactive ketones (excluding diaryl/α,β-unsaturated/α-hetero) is 1. The molecule has 2 atom stereocenters. The molecule has 1 aliphatic rings. The van der Waals surface area contributed by atoms with Crippen LogP contribution in [0.1, 0.15) is 31.7 Å². The average molecular weight is 408 g/mol. The first-order valence-corrected chi connectivity index (χ1v) is 9.87. The molecule has 0 N–H and O–H groups in total. The molecule has 0 saturated carbocycles. The van der Waals surface area contributed by atoms with Crippen molar-refractivity contribution in [3.8, 4) is 0 Å². The number of hydrogen-bond acceptors (Lipinski definition) is 5. The second-order valence-electron chi connectivity index (χ2n) is 8.29. The highest BCUT2D eigenvalue weighted by Gasteiger charge is 2.35. The number of nitrogens with zero attached hydrogens (tertiary/aromatic N) is 4. The Kier molecular flexibility index (Phi) is 6.41. The third-order valence-corrected chi connectivity index (χ3v) is 5.35. The number of aromatic nitrogens is 2. The molecule has 0 aliphatic carbocycles. The van der Waals surface area contributed by atoms with E-state index in [4.69, 9.17) is 0 Å². The van der Waals surface area contributed by atoms with E-state index in [0.29, 0.717) is 31.0 Å². The summed E-state index contributed by atoms with van der Waals surface area (Å²) >= 11 is 0. The van der Waals surface area contributed by atoms with E-state index in [1.165, 1.54) is 18.5 Å². The van der Waals surface area contributed by atoms with Gasteiger partial charge >= 0.3 is 6.18 Å². The largest absolute Gasteiger partial charge is 0.418 e. The van der Waals surface area contributed by atoms with Gasteiger partial charge in [-0.05, 0) is 44.5 Å². The summed E-state index contributed by atoms with van der Waals surface area (Å²) < 4.78 is 40.1. The molecule has 5 nitrogen and oxygen atoms in total. The number of benzene rings is 1. The zero-order valence-corrected chi connectivity index (χ0v) is 17.0. The number of carbonyl (C=O) groups is 1. The van der Waals surface area contributed by atoms with Crippen molar-refractivity contribution in [1.82, 2.24) is 14.9 Å². The van der Waals surface area contributed by atoms with Gasteiger partial charge in [0.2, 0.25) is 0 Å². The lowest BCUT2D eigenvalue weighted by molar-refractivity contribution is -0.136. The first-order valence-electron chi connectivity index (χ1n) is 9.87. The maximum atomic E-state index is 13.4. The summed E-state index contributed by atoms with van der Waals surface area (Å²) in [5.41, 5.74) is 0.00616. The first-order chi connectivity index (χ1) is 13.6. The van der Waals surface area contributed by atoms with Gasteiger partial charge < -0.3 is 9.80 Å². The monoisotopic (exact) mass is 408 g/mol. The van der Waals surface area contributed by atoms with E-state index in [2.05, 4.69) is 21.8 Å². The Morgan fingerprint density at radius 1 is 1.17 bits per heavy atom. The molecule has 2 aromatic rings. The van der Waals surface area contributed by atoms with Crippen molar-refractivity contribution < 1.29 is 18.0 Å². The summed E-state index contributed by atoms with van der Waals surface area (Å²) in [6.07, 6.45) is 0.178. The van der Waals surface area contributed by atoms with Crippen LogP contribution in [0.4, 0.5) is 18.9 Å². The quantitative estimate of drug-likeness (QED) is 0.723. The Labute approximate surface area is 168 Å². The predicted octanol–water partition coefficient (Wildman–Crippen LogP) is 4.02. The van der Waals surface area contributed by atoms with Gasteiger partial charge in [0, 0.05) is 44.9 Å². The molecule has 8 heteroatoms. The lowest BCUT2D eigenvalue weighted by Gasteiger charge is -2.38. The van der Waals surface area contributed by atoms with Crippen molar-refractivity contribution in [3.05, 3.63) is 30.1 Å². The van der Waals surface area contributed by atoms with Gasteiger partial charge in [0.15, 0.2) is 0 Å². The highest BCUT2D eigenvalue weighted by atomic mass is 19.4. The standard InChI is InChI=1S/C21H27F3N4O/c1-14-10-15(11-16(29)6-9-27(2)3)13-28(12-14)18-5-4-17(21(22,23)24)19-20(18)26-8-7-25-19/h4-5,7-8,14-15H,6,9-13H2,1-3H3/t14-,15-/m0/s1. The lowest BCUT2D eigenvalue weighted by Crippen LogP contribution is -2.40. The van der Waals surface area contributed by atoms with Crippen LogP contribution in [-0.4, -0.2) is 54.4 Å². The molecule has 29 heavy (non-hydrogen) atoms. The number of rotatable bonds is 6. The zero-order chi connectivity index (χ0) is 21.2. The lowest BCUT2D eigenvalue weighted by atomic mass is 9.86. The minimum absolute atomic E-state index is 0.130. The van der Waals surface area contributed by atoms with Crippen LogP contribution in [-0.2, 0) is 11.0 Å². The van der Waals surface area contributed by atoms with Crippen LogP contribution in [0.3, 0.4) is 0 Å². The molecule has 0 unspecified atom stereocenters. The van der Waals surface area contributed by atoms with Crippen LogP contribution in [0.15, 0.2) is 24.5 Å². The van der Waals surface area contributed by atoms with Crippen molar-refractivity contribution in [2.75, 3.05) is 38.6 Å². The normalized spacial score (nSPS) is 20.4. The molecule has 0 radical (unpaired) electrons. The molecule has 0 spiro atoms. The zero-order valence-electron chi connectivity index (χ0n) is 17.0. The van der Waals surface area contributed by atoms with Gasteiger partial charge in [-0.1, -0.05) is 6.92 Å². The molecule has 2 heterocycles. The summed E-state index contributed by atoms with van der Waals surface area (Å²) in [6, 6.07) is 2.58. The van der Waals surface area contributed by atoms with Crippen LogP contribution in [0, 0.1) is 11.8 Å². The Morgan fingerprint density at radius 2 is 1.86 bits per heavy atom. The number of halogens is 3. The Hall–Kier alpha value is -2.22. The van der Waals surface area contributed by atoms with Gasteiger partial charge in [-0.15, -0.1) is 0 Å².